The first-order valence-electron chi connectivity index (χ1n) is 7.55. The number of thioether (sulfide) groups is 2. The molecule has 0 radical (unpaired) electrons. The van der Waals surface area contributed by atoms with Gasteiger partial charge in [0.05, 0.1) is 16.3 Å². The number of carbonyl (C=O) groups excluding carboxylic acids is 2. The highest BCUT2D eigenvalue weighted by atomic mass is 32.2. The van der Waals surface area contributed by atoms with E-state index >= 15 is 0 Å². The molecule has 24 heavy (non-hydrogen) atoms. The Labute approximate surface area is 146 Å². The number of aliphatic hydroxyl groups excluding tert-OH is 2. The van der Waals surface area contributed by atoms with Gasteiger partial charge in [0.15, 0.2) is 5.70 Å². The summed E-state index contributed by atoms with van der Waals surface area (Å²) in [5, 5.41) is 27.7. The minimum Gasteiger partial charge on any atom is -0.477 e. The van der Waals surface area contributed by atoms with Gasteiger partial charge in [0.2, 0.25) is 11.8 Å². The van der Waals surface area contributed by atoms with Crippen LogP contribution in [0.25, 0.3) is 0 Å². The number of rotatable bonds is 5. The zero-order chi connectivity index (χ0) is 17.6. The first kappa shape index (κ1) is 17.6. The average molecular weight is 374 g/mol. The standard InChI is InChI=1S/C14H18N2O6S2/c1-6(18)9-11(20)16-10(13(21)22)14(24-12(9)16)23-7-2-3-15(4-7)8(19)5-17/h6-7,9,12,17-18H,2-5H2,1H3,(H,21,22)/t6?,7?,9?,12-/m1/s1. The van der Waals surface area contributed by atoms with Crippen molar-refractivity contribution in [2.24, 2.45) is 5.92 Å². The molecule has 0 saturated carbocycles. The maximum absolute atomic E-state index is 12.1. The number of likely N-dealkylation sites (tertiary alicyclic amines) is 1. The second-order valence-corrected chi connectivity index (χ2v) is 8.65. The normalized spacial score (nSPS) is 30.5. The van der Waals surface area contributed by atoms with Crippen LogP contribution in [0.4, 0.5) is 0 Å². The van der Waals surface area contributed by atoms with Crippen LogP contribution in [-0.2, 0) is 14.4 Å². The molecule has 3 N–H and O–H groups in total. The quantitative estimate of drug-likeness (QED) is 0.550. The Morgan fingerprint density at radius 1 is 1.46 bits per heavy atom. The fourth-order valence-corrected chi connectivity index (χ4v) is 6.46. The Balaban J connectivity index is 1.73. The maximum atomic E-state index is 12.1. The number of aliphatic carboxylic acids is 1. The number of amides is 2. The van der Waals surface area contributed by atoms with E-state index < -0.39 is 24.6 Å². The minimum absolute atomic E-state index is 0.0242. The fraction of sp³-hybridized carbons (Fsp3) is 0.643. The van der Waals surface area contributed by atoms with Crippen LogP contribution in [0.15, 0.2) is 9.93 Å². The summed E-state index contributed by atoms with van der Waals surface area (Å²) in [7, 11) is 0. The predicted molar refractivity (Wildman–Crippen MR) is 87.7 cm³/mol. The summed E-state index contributed by atoms with van der Waals surface area (Å²) in [6.45, 7) is 1.97. The summed E-state index contributed by atoms with van der Waals surface area (Å²) in [5.74, 6) is -2.44. The molecule has 0 aromatic carbocycles. The lowest BCUT2D eigenvalue weighted by molar-refractivity contribution is -0.156. The van der Waals surface area contributed by atoms with E-state index in [1.165, 1.54) is 35.3 Å². The van der Waals surface area contributed by atoms with Gasteiger partial charge in [-0.2, -0.15) is 0 Å². The maximum Gasteiger partial charge on any atom is 0.354 e. The fourth-order valence-electron chi connectivity index (χ4n) is 3.13. The van der Waals surface area contributed by atoms with Gasteiger partial charge in [-0.25, -0.2) is 4.79 Å². The van der Waals surface area contributed by atoms with Crippen LogP contribution in [-0.4, -0.2) is 79.3 Å². The molecule has 0 spiro atoms. The molecule has 3 aliphatic rings. The van der Waals surface area contributed by atoms with E-state index in [4.69, 9.17) is 5.11 Å². The summed E-state index contributed by atoms with van der Waals surface area (Å²) in [5.41, 5.74) is -0.0242. The molecule has 4 atom stereocenters. The number of aliphatic hydroxyl groups is 2. The van der Waals surface area contributed by atoms with Crippen LogP contribution in [0.1, 0.15) is 13.3 Å². The predicted octanol–water partition coefficient (Wildman–Crippen LogP) is -0.521. The molecule has 10 heteroatoms. The summed E-state index contributed by atoms with van der Waals surface area (Å²) >= 11 is 2.65. The van der Waals surface area contributed by atoms with E-state index in [2.05, 4.69) is 0 Å². The summed E-state index contributed by atoms with van der Waals surface area (Å²) in [4.78, 5) is 38.0. The number of hydrogen-bond donors (Lipinski definition) is 3. The highest BCUT2D eigenvalue weighted by Gasteiger charge is 2.58. The topological polar surface area (TPSA) is 118 Å². The zero-order valence-corrected chi connectivity index (χ0v) is 14.5. The molecule has 3 aliphatic heterocycles. The molecule has 3 rings (SSSR count). The second kappa shape index (κ2) is 6.58. The van der Waals surface area contributed by atoms with Gasteiger partial charge in [-0.15, -0.1) is 11.8 Å². The molecule has 0 aliphatic carbocycles. The third-order valence-electron chi connectivity index (χ3n) is 4.38. The molecule has 132 valence electrons. The number of carboxylic acids is 1. The highest BCUT2D eigenvalue weighted by Crippen LogP contribution is 2.55. The first-order chi connectivity index (χ1) is 11.3. The van der Waals surface area contributed by atoms with Gasteiger partial charge in [0.25, 0.3) is 0 Å². The van der Waals surface area contributed by atoms with Crippen LogP contribution in [0.3, 0.4) is 0 Å². The zero-order valence-electron chi connectivity index (χ0n) is 12.9. The smallest absolute Gasteiger partial charge is 0.354 e. The number of hydrogen-bond acceptors (Lipinski definition) is 7. The van der Waals surface area contributed by atoms with Crippen molar-refractivity contribution in [1.29, 1.82) is 0 Å². The Morgan fingerprint density at radius 2 is 2.17 bits per heavy atom. The lowest BCUT2D eigenvalue weighted by Crippen LogP contribution is -2.60. The van der Waals surface area contributed by atoms with Crippen molar-refractivity contribution >= 4 is 41.3 Å². The van der Waals surface area contributed by atoms with Crippen LogP contribution < -0.4 is 0 Å². The third-order valence-corrected chi connectivity index (χ3v) is 7.23. The molecule has 8 nitrogen and oxygen atoms in total. The lowest BCUT2D eigenvalue weighted by atomic mass is 9.92. The van der Waals surface area contributed by atoms with E-state index in [1.54, 1.807) is 4.90 Å². The summed E-state index contributed by atoms with van der Waals surface area (Å²) < 4.78 is 0.548. The molecule has 0 bridgehead atoms. The molecule has 0 aromatic heterocycles. The van der Waals surface area contributed by atoms with E-state index in [-0.39, 0.29) is 28.1 Å². The van der Waals surface area contributed by atoms with Crippen molar-refractivity contribution in [1.82, 2.24) is 9.80 Å². The Morgan fingerprint density at radius 3 is 2.75 bits per heavy atom. The van der Waals surface area contributed by atoms with Gasteiger partial charge in [-0.3, -0.25) is 14.5 Å². The van der Waals surface area contributed by atoms with Gasteiger partial charge < -0.3 is 20.2 Å². The number of carbonyl (C=O) groups is 3. The van der Waals surface area contributed by atoms with Crippen LogP contribution in [0, 0.1) is 5.92 Å². The molecule has 3 heterocycles. The van der Waals surface area contributed by atoms with E-state index in [9.17, 15) is 24.6 Å². The van der Waals surface area contributed by atoms with Crippen molar-refractivity contribution < 1.29 is 29.7 Å². The molecule has 3 unspecified atom stereocenters. The molecule has 0 aromatic rings. The van der Waals surface area contributed by atoms with Crippen molar-refractivity contribution in [3.05, 3.63) is 9.93 Å². The average Bonchev–Trinajstić information content (AvgIpc) is 3.09. The van der Waals surface area contributed by atoms with Gasteiger partial charge in [-0.1, -0.05) is 11.8 Å². The number of nitrogens with zero attached hydrogens (tertiary/aromatic N) is 2. The lowest BCUT2D eigenvalue weighted by Gasteiger charge is -2.43. The van der Waals surface area contributed by atoms with Crippen LogP contribution >= 0.6 is 23.5 Å². The Hall–Kier alpha value is -1.23. The number of fused-ring (bicyclic) bond motifs is 1. The highest BCUT2D eigenvalue weighted by molar-refractivity contribution is 8.23. The van der Waals surface area contributed by atoms with Gasteiger partial charge in [0, 0.05) is 18.3 Å². The van der Waals surface area contributed by atoms with Gasteiger partial charge in [0.1, 0.15) is 12.0 Å². The Bertz CT molecular complexity index is 622. The number of β-lactam (4-membered cyclic amide) rings is 1. The first-order valence-corrected chi connectivity index (χ1v) is 9.31. The van der Waals surface area contributed by atoms with E-state index in [0.717, 1.165) is 0 Å². The van der Waals surface area contributed by atoms with Crippen molar-refractivity contribution in [3.8, 4) is 0 Å². The minimum atomic E-state index is -1.16. The van der Waals surface area contributed by atoms with Crippen LogP contribution in [0.2, 0.25) is 0 Å². The van der Waals surface area contributed by atoms with Crippen molar-refractivity contribution in [3.63, 3.8) is 0 Å². The van der Waals surface area contributed by atoms with E-state index in [1.807, 2.05) is 0 Å². The van der Waals surface area contributed by atoms with Crippen molar-refractivity contribution in [2.45, 2.75) is 30.1 Å². The second-order valence-electron chi connectivity index (χ2n) is 5.95. The molecular formula is C14H18N2O6S2. The SMILES string of the molecule is CC(O)C1C(=O)N2C(C(=O)O)=C(SC3CCN(C(=O)CO)C3)S[C@H]12. The van der Waals surface area contributed by atoms with Gasteiger partial charge >= 0.3 is 5.97 Å². The van der Waals surface area contributed by atoms with Gasteiger partial charge in [-0.05, 0) is 13.3 Å². The summed E-state index contributed by atoms with van der Waals surface area (Å²) in [6.07, 6.45) is -0.124. The molecule has 2 amide bonds. The Kier molecular flexibility index (Phi) is 4.82. The van der Waals surface area contributed by atoms with Crippen molar-refractivity contribution in [2.75, 3.05) is 19.7 Å². The number of carboxylic acid groups (broad SMARTS) is 1. The largest absolute Gasteiger partial charge is 0.477 e. The van der Waals surface area contributed by atoms with Crippen LogP contribution in [0.5, 0.6) is 0 Å². The molecule has 2 fully saturated rings. The molecule has 2 saturated heterocycles. The summed E-state index contributed by atoms with van der Waals surface area (Å²) in [6, 6.07) is 0. The third kappa shape index (κ3) is 2.81. The van der Waals surface area contributed by atoms with E-state index in [0.29, 0.717) is 23.7 Å². The monoisotopic (exact) mass is 374 g/mol. The molecular weight excluding hydrogens is 356 g/mol.